The van der Waals surface area contributed by atoms with E-state index in [0.717, 1.165) is 59.6 Å². The Kier molecular flexibility index (Phi) is 7.82. The molecule has 12 heteroatoms. The number of rotatable bonds is 6. The van der Waals surface area contributed by atoms with E-state index in [1.54, 1.807) is 25.2 Å². The fourth-order valence-corrected chi connectivity index (χ4v) is 6.61. The van der Waals surface area contributed by atoms with Gasteiger partial charge in [-0.25, -0.2) is 12.8 Å². The van der Waals surface area contributed by atoms with Crippen LogP contribution in [0.4, 0.5) is 20.6 Å². The molecule has 0 unspecified atom stereocenters. The fraction of sp³-hybridized carbons (Fsp3) is 0.565. The van der Waals surface area contributed by atoms with Gasteiger partial charge in [-0.15, -0.1) is 0 Å². The van der Waals surface area contributed by atoms with E-state index in [1.807, 2.05) is 0 Å². The monoisotopic (exact) mass is 512 g/mol. The maximum atomic E-state index is 13.9. The summed E-state index contributed by atoms with van der Waals surface area (Å²) in [7, 11) is -0.957. The molecule has 2 atom stereocenters. The molecule has 1 aromatic heterocycles. The first kappa shape index (κ1) is 26.4. The molecule has 0 saturated carbocycles. The van der Waals surface area contributed by atoms with Gasteiger partial charge >= 0.3 is 29.6 Å². The second kappa shape index (κ2) is 10.4. The Balaban J connectivity index is 0.00000289. The average molecular weight is 513 g/mol. The van der Waals surface area contributed by atoms with Crippen molar-refractivity contribution in [3.63, 3.8) is 0 Å². The molecule has 1 fully saturated rings. The van der Waals surface area contributed by atoms with Crippen LogP contribution in [0.25, 0.3) is 4.72 Å². The van der Waals surface area contributed by atoms with Gasteiger partial charge in [0.25, 0.3) is 10.2 Å². The number of aryl methyl sites for hydroxylation is 3. The standard InChI is InChI=1S/C23H31FN6O3S.Na/c1-28-12-17(24)10-18(28)14-30(19-11-25-29(2)13-19)34(32,33)27-23(31)26-22-20-7-3-5-15(20)9-16-6-4-8-21(16)22;/h9,11,13,17-18H,3-8,10,12,14H2,1-2H3,(H2,26,27,31);/q;+1/p-1/t17-,18-;/m0./s1. The van der Waals surface area contributed by atoms with E-state index < -0.39 is 22.4 Å². The number of benzene rings is 1. The molecule has 2 aromatic rings. The zero-order valence-corrected chi connectivity index (χ0v) is 23.3. The first-order valence-corrected chi connectivity index (χ1v) is 13.2. The second-order valence-electron chi connectivity index (χ2n) is 9.56. The molecule has 184 valence electrons. The van der Waals surface area contributed by atoms with Crippen molar-refractivity contribution in [1.29, 1.82) is 0 Å². The smallest absolute Gasteiger partial charge is 0.423 e. The number of hydrogen-bond donors (Lipinski definition) is 1. The molecule has 1 aromatic carbocycles. The minimum absolute atomic E-state index is 0. The number of hydrogen-bond acceptors (Lipinski definition) is 5. The zero-order chi connectivity index (χ0) is 24.0. The number of likely N-dealkylation sites (tertiary alicyclic amines) is 1. The van der Waals surface area contributed by atoms with Gasteiger partial charge in [-0.1, -0.05) is 6.07 Å². The fourth-order valence-electron chi connectivity index (χ4n) is 5.54. The van der Waals surface area contributed by atoms with E-state index in [4.69, 9.17) is 0 Å². The zero-order valence-electron chi connectivity index (χ0n) is 20.5. The summed E-state index contributed by atoms with van der Waals surface area (Å²) in [4.78, 5) is 14.7. The summed E-state index contributed by atoms with van der Waals surface area (Å²) in [6.07, 6.45) is 7.88. The van der Waals surface area contributed by atoms with Crippen molar-refractivity contribution in [1.82, 2.24) is 14.7 Å². The molecule has 1 saturated heterocycles. The predicted molar refractivity (Wildman–Crippen MR) is 128 cm³/mol. The first-order chi connectivity index (χ1) is 16.2. The van der Waals surface area contributed by atoms with Crippen LogP contribution < -0.4 is 39.2 Å². The van der Waals surface area contributed by atoms with E-state index in [1.165, 1.54) is 22.0 Å². The second-order valence-corrected chi connectivity index (χ2v) is 11.1. The van der Waals surface area contributed by atoms with Crippen molar-refractivity contribution in [2.45, 2.75) is 57.2 Å². The molecule has 5 rings (SSSR count). The number of nitrogens with zero attached hydrogens (tertiary/aromatic N) is 5. The molecule has 2 amide bonds. The Morgan fingerprint density at radius 2 is 1.86 bits per heavy atom. The van der Waals surface area contributed by atoms with E-state index in [2.05, 4.69) is 21.2 Å². The average Bonchev–Trinajstić information content (AvgIpc) is 3.53. The topological polar surface area (TPSA) is 102 Å². The summed E-state index contributed by atoms with van der Waals surface area (Å²) < 4.78 is 46.8. The van der Waals surface area contributed by atoms with E-state index >= 15 is 0 Å². The van der Waals surface area contributed by atoms with Gasteiger partial charge in [0.2, 0.25) is 0 Å². The van der Waals surface area contributed by atoms with Gasteiger partial charge in [0.1, 0.15) is 6.17 Å². The molecule has 0 spiro atoms. The van der Waals surface area contributed by atoms with Crippen LogP contribution in [0.2, 0.25) is 0 Å². The van der Waals surface area contributed by atoms with Crippen molar-refractivity contribution in [2.75, 3.05) is 29.8 Å². The van der Waals surface area contributed by atoms with Gasteiger partial charge in [0, 0.05) is 32.4 Å². The summed E-state index contributed by atoms with van der Waals surface area (Å²) in [5.41, 5.74) is 5.72. The molecular formula is C23H30FN6NaO3S. The predicted octanol–water partition coefficient (Wildman–Crippen LogP) is 0.101. The van der Waals surface area contributed by atoms with Crippen LogP contribution in [-0.2, 0) is 42.9 Å². The SMILES string of the molecule is CN1C[C@@H](F)C[C@H]1CN(c1cnn(C)c1)S(=O)(=O)[N-]C(=O)Nc1c2c(cc3c1CCC3)CCC2.[Na+]. The summed E-state index contributed by atoms with van der Waals surface area (Å²) >= 11 is 0. The van der Waals surface area contributed by atoms with Crippen LogP contribution in [-0.4, -0.2) is 61.5 Å². The summed E-state index contributed by atoms with van der Waals surface area (Å²) in [5, 5.41) is 6.88. The molecule has 1 aliphatic heterocycles. The number of aromatic nitrogens is 2. The molecular weight excluding hydrogens is 482 g/mol. The number of fused-ring (bicyclic) bond motifs is 2. The molecule has 2 heterocycles. The number of halogens is 1. The number of alkyl halides is 1. The van der Waals surface area contributed by atoms with Crippen LogP contribution in [0.1, 0.15) is 41.5 Å². The molecule has 35 heavy (non-hydrogen) atoms. The number of nitrogens with one attached hydrogen (secondary N) is 1. The van der Waals surface area contributed by atoms with Gasteiger partial charge in [-0.3, -0.25) is 18.7 Å². The third-order valence-electron chi connectivity index (χ3n) is 7.17. The van der Waals surface area contributed by atoms with Crippen molar-refractivity contribution in [3.05, 3.63) is 45.4 Å². The van der Waals surface area contributed by atoms with Crippen LogP contribution in [0.3, 0.4) is 0 Å². The Labute approximate surface area is 227 Å². The summed E-state index contributed by atoms with van der Waals surface area (Å²) in [5.74, 6) is 0. The minimum atomic E-state index is -4.39. The largest absolute Gasteiger partial charge is 1.00 e. The number of carbonyl (C=O) groups is 1. The Morgan fingerprint density at radius 3 is 2.40 bits per heavy atom. The van der Waals surface area contributed by atoms with E-state index in [9.17, 15) is 17.6 Å². The van der Waals surface area contributed by atoms with Gasteiger partial charge in [0.15, 0.2) is 6.03 Å². The van der Waals surface area contributed by atoms with Gasteiger partial charge in [-0.2, -0.15) is 5.10 Å². The number of likely N-dealkylation sites (N-methyl/N-ethyl adjacent to an activating group) is 1. The number of amides is 2. The Hall–Kier alpha value is -1.66. The van der Waals surface area contributed by atoms with E-state index in [0.29, 0.717) is 0 Å². The summed E-state index contributed by atoms with van der Waals surface area (Å²) in [6, 6.07) is 1.00. The Bertz CT molecular complexity index is 1190. The first-order valence-electron chi connectivity index (χ1n) is 11.8. The van der Waals surface area contributed by atoms with Crippen molar-refractivity contribution in [2.24, 2.45) is 7.05 Å². The van der Waals surface area contributed by atoms with Gasteiger partial charge < -0.3 is 10.0 Å². The van der Waals surface area contributed by atoms with E-state index in [-0.39, 0.29) is 60.8 Å². The number of carbonyl (C=O) groups excluding carboxylic acids is 1. The minimum Gasteiger partial charge on any atom is -0.423 e. The summed E-state index contributed by atoms with van der Waals surface area (Å²) in [6.45, 7) is 0.227. The molecule has 3 aliphatic rings. The van der Waals surface area contributed by atoms with Crippen LogP contribution in [0.5, 0.6) is 0 Å². The van der Waals surface area contributed by atoms with Crippen LogP contribution in [0.15, 0.2) is 18.5 Å². The molecule has 1 N–H and O–H groups in total. The van der Waals surface area contributed by atoms with Crippen molar-refractivity contribution >= 4 is 27.6 Å². The molecule has 9 nitrogen and oxygen atoms in total. The third-order valence-corrected chi connectivity index (χ3v) is 8.49. The van der Waals surface area contributed by atoms with Gasteiger partial charge in [0.05, 0.1) is 11.9 Å². The maximum Gasteiger partial charge on any atom is 1.00 e. The molecule has 2 aliphatic carbocycles. The van der Waals surface area contributed by atoms with Crippen LogP contribution >= 0.6 is 0 Å². The maximum absolute atomic E-state index is 13.9. The quantitative estimate of drug-likeness (QED) is 0.554. The Morgan fingerprint density at radius 1 is 1.20 bits per heavy atom. The van der Waals surface area contributed by atoms with Gasteiger partial charge in [-0.05, 0) is 79.9 Å². The number of urea groups is 1. The van der Waals surface area contributed by atoms with Crippen LogP contribution in [0, 0.1) is 0 Å². The van der Waals surface area contributed by atoms with Crippen molar-refractivity contribution < 1.29 is 47.2 Å². The normalized spacial score (nSPS) is 21.3. The molecule has 0 radical (unpaired) electrons. The number of anilines is 2. The third kappa shape index (κ3) is 5.39. The van der Waals surface area contributed by atoms with Crippen molar-refractivity contribution in [3.8, 4) is 0 Å². The molecule has 0 bridgehead atoms.